The number of aromatic hydroxyl groups is 1. The van der Waals surface area contributed by atoms with E-state index in [2.05, 4.69) is 70.7 Å². The van der Waals surface area contributed by atoms with Crippen molar-refractivity contribution in [3.63, 3.8) is 0 Å². The van der Waals surface area contributed by atoms with Crippen molar-refractivity contribution in [2.24, 2.45) is 0 Å². The summed E-state index contributed by atoms with van der Waals surface area (Å²) in [4.78, 5) is 18.1. The minimum atomic E-state index is -0.238. The second-order valence-corrected chi connectivity index (χ2v) is 11.8. The molecule has 0 aliphatic carbocycles. The third-order valence-electron chi connectivity index (χ3n) is 5.75. The molecule has 2 aromatic carbocycles. The Morgan fingerprint density at radius 1 is 0.912 bits per heavy atom. The smallest absolute Gasteiger partial charge is 0.291 e. The van der Waals surface area contributed by atoms with Gasteiger partial charge in [0.05, 0.1) is 4.53 Å². The van der Waals surface area contributed by atoms with Gasteiger partial charge in [-0.05, 0) is 53.2 Å². The first-order valence-electron chi connectivity index (χ1n) is 11.4. The zero-order valence-electron chi connectivity index (χ0n) is 20.8. The monoisotopic (exact) mass is 473 g/mol. The fourth-order valence-electron chi connectivity index (χ4n) is 3.80. The third kappa shape index (κ3) is 4.82. The van der Waals surface area contributed by atoms with Crippen LogP contribution in [-0.4, -0.2) is 19.7 Å². The molecule has 176 valence electrons. The lowest BCUT2D eigenvalue weighted by Crippen LogP contribution is -2.24. The molecule has 0 aliphatic heterocycles. The van der Waals surface area contributed by atoms with Crippen LogP contribution in [-0.2, 0) is 10.8 Å². The zero-order valence-corrected chi connectivity index (χ0v) is 21.6. The van der Waals surface area contributed by atoms with Gasteiger partial charge in [0.15, 0.2) is 5.82 Å². The van der Waals surface area contributed by atoms with Crippen molar-refractivity contribution >= 4 is 34.5 Å². The van der Waals surface area contributed by atoms with E-state index >= 15 is 0 Å². The molecule has 0 unspecified atom stereocenters. The molecule has 0 spiro atoms. The maximum atomic E-state index is 13.1. The number of aryl methyl sites for hydroxylation is 1. The van der Waals surface area contributed by atoms with Crippen molar-refractivity contribution in [1.82, 2.24) is 14.6 Å². The van der Waals surface area contributed by atoms with Gasteiger partial charge in [-0.1, -0.05) is 88.8 Å². The molecule has 0 atom stereocenters. The maximum Gasteiger partial charge on any atom is 0.291 e. The fraction of sp³-hybridized carbons (Fsp3) is 0.321. The number of thiazole rings is 1. The van der Waals surface area contributed by atoms with E-state index in [1.165, 1.54) is 21.4 Å². The normalized spacial score (nSPS) is 13.4. The molecule has 6 heteroatoms. The Labute approximate surface area is 204 Å². The predicted molar refractivity (Wildman–Crippen MR) is 142 cm³/mol. The summed E-state index contributed by atoms with van der Waals surface area (Å²) in [7, 11) is 0. The van der Waals surface area contributed by atoms with Crippen LogP contribution >= 0.6 is 11.3 Å². The first-order valence-corrected chi connectivity index (χ1v) is 12.2. The fourth-order valence-corrected chi connectivity index (χ4v) is 4.72. The minimum absolute atomic E-state index is 0.190. The molecule has 34 heavy (non-hydrogen) atoms. The summed E-state index contributed by atoms with van der Waals surface area (Å²) in [6, 6.07) is 12.1. The Balaban J connectivity index is 1.76. The highest BCUT2D eigenvalue weighted by Crippen LogP contribution is 2.39. The van der Waals surface area contributed by atoms with E-state index < -0.39 is 0 Å². The van der Waals surface area contributed by atoms with Crippen molar-refractivity contribution in [3.8, 4) is 5.75 Å². The summed E-state index contributed by atoms with van der Waals surface area (Å²) in [5, 5.41) is 15.4. The van der Waals surface area contributed by atoms with E-state index in [-0.39, 0.29) is 16.4 Å². The lowest BCUT2D eigenvalue weighted by Gasteiger charge is -2.27. The van der Waals surface area contributed by atoms with Crippen LogP contribution in [0.2, 0.25) is 0 Å². The summed E-state index contributed by atoms with van der Waals surface area (Å²) < 4.78 is 1.93. The lowest BCUT2D eigenvalue weighted by molar-refractivity contribution is 0.423. The van der Waals surface area contributed by atoms with Gasteiger partial charge >= 0.3 is 0 Å². The first kappa shape index (κ1) is 23.9. The highest BCUT2D eigenvalue weighted by molar-refractivity contribution is 7.15. The number of phenolic OH excluding ortho intramolecular Hbond substituents is 1. The van der Waals surface area contributed by atoms with Crippen molar-refractivity contribution in [2.45, 2.75) is 59.3 Å². The van der Waals surface area contributed by atoms with Crippen molar-refractivity contribution in [1.29, 1.82) is 0 Å². The summed E-state index contributed by atoms with van der Waals surface area (Å²) in [5.74, 6) is 0.831. The van der Waals surface area contributed by atoms with Crippen LogP contribution in [0.1, 0.15) is 75.2 Å². The standard InChI is InChI=1S/C28H31N3O2S/c1-17-8-10-18(11-9-17)12-13-23-29-26-31(30-23)25(33)22(34-26)16-19-14-20(27(2,3)4)24(32)21(15-19)28(5,6)7/h8-16,32H,1-7H3. The first-order chi connectivity index (χ1) is 15.8. The Kier molecular flexibility index (Phi) is 5.98. The second kappa shape index (κ2) is 8.51. The van der Waals surface area contributed by atoms with E-state index in [0.29, 0.717) is 21.1 Å². The van der Waals surface area contributed by atoms with Crippen LogP contribution in [0.15, 0.2) is 41.2 Å². The van der Waals surface area contributed by atoms with Gasteiger partial charge in [0, 0.05) is 11.1 Å². The summed E-state index contributed by atoms with van der Waals surface area (Å²) in [6.07, 6.45) is 5.63. The number of nitrogens with zero attached hydrogens (tertiary/aromatic N) is 3. The predicted octanol–water partition coefficient (Wildman–Crippen LogP) is 5.48. The van der Waals surface area contributed by atoms with Gasteiger partial charge in [-0.2, -0.15) is 9.50 Å². The third-order valence-corrected chi connectivity index (χ3v) is 6.71. The van der Waals surface area contributed by atoms with Crippen LogP contribution < -0.4 is 10.1 Å². The number of aromatic nitrogens is 3. The molecular formula is C28H31N3O2S. The van der Waals surface area contributed by atoms with Crippen molar-refractivity contribution < 1.29 is 5.11 Å². The average molecular weight is 474 g/mol. The maximum absolute atomic E-state index is 13.1. The second-order valence-electron chi connectivity index (χ2n) is 10.8. The number of rotatable bonds is 3. The topological polar surface area (TPSA) is 67.5 Å². The molecule has 0 amide bonds. The molecule has 1 N–H and O–H groups in total. The molecular weight excluding hydrogens is 442 g/mol. The van der Waals surface area contributed by atoms with E-state index in [1.807, 2.05) is 42.5 Å². The van der Waals surface area contributed by atoms with Gasteiger partial charge in [-0.25, -0.2) is 0 Å². The molecule has 4 aromatic rings. The zero-order chi connectivity index (χ0) is 24.8. The van der Waals surface area contributed by atoms with Gasteiger partial charge in [-0.3, -0.25) is 4.79 Å². The molecule has 0 saturated carbocycles. The Morgan fingerprint density at radius 3 is 2.03 bits per heavy atom. The number of hydrogen-bond donors (Lipinski definition) is 1. The molecule has 4 rings (SSSR count). The Hall–Kier alpha value is -3.25. The van der Waals surface area contributed by atoms with Crippen LogP contribution in [0.4, 0.5) is 0 Å². The Bertz CT molecular complexity index is 1460. The molecule has 2 heterocycles. The highest BCUT2D eigenvalue weighted by atomic mass is 32.1. The largest absolute Gasteiger partial charge is 0.507 e. The number of fused-ring (bicyclic) bond motifs is 1. The van der Waals surface area contributed by atoms with Crippen molar-refractivity contribution in [3.05, 3.63) is 84.9 Å². The molecule has 0 saturated heterocycles. The van der Waals surface area contributed by atoms with Gasteiger partial charge in [0.2, 0.25) is 4.96 Å². The molecule has 0 aliphatic rings. The summed E-state index contributed by atoms with van der Waals surface area (Å²) in [6.45, 7) is 14.5. The van der Waals surface area contributed by atoms with Gasteiger partial charge in [0.1, 0.15) is 5.75 Å². The minimum Gasteiger partial charge on any atom is -0.507 e. The van der Waals surface area contributed by atoms with Crippen LogP contribution in [0, 0.1) is 6.92 Å². The van der Waals surface area contributed by atoms with Crippen molar-refractivity contribution in [2.75, 3.05) is 0 Å². The summed E-state index contributed by atoms with van der Waals surface area (Å²) in [5.41, 5.74) is 4.20. The molecule has 5 nitrogen and oxygen atoms in total. The molecule has 0 fully saturated rings. The van der Waals surface area contributed by atoms with Crippen LogP contribution in [0.25, 0.3) is 23.2 Å². The van der Waals surface area contributed by atoms with Gasteiger partial charge in [0.25, 0.3) is 5.56 Å². The van der Waals surface area contributed by atoms with E-state index in [1.54, 1.807) is 0 Å². The van der Waals surface area contributed by atoms with E-state index in [4.69, 9.17) is 0 Å². The van der Waals surface area contributed by atoms with Gasteiger partial charge < -0.3 is 5.11 Å². The van der Waals surface area contributed by atoms with Gasteiger partial charge in [-0.15, -0.1) is 5.10 Å². The number of hydrogen-bond acceptors (Lipinski definition) is 5. The Morgan fingerprint density at radius 2 is 1.50 bits per heavy atom. The quantitative estimate of drug-likeness (QED) is 0.428. The molecule has 0 radical (unpaired) electrons. The average Bonchev–Trinajstić information content (AvgIpc) is 3.26. The number of phenols is 1. The summed E-state index contributed by atoms with van der Waals surface area (Å²) >= 11 is 1.32. The van der Waals surface area contributed by atoms with E-state index in [9.17, 15) is 9.90 Å². The lowest BCUT2D eigenvalue weighted by atomic mass is 9.78. The van der Waals surface area contributed by atoms with Crippen LogP contribution in [0.5, 0.6) is 5.75 Å². The SMILES string of the molecule is Cc1ccc(C=Cc2nc3sc(=Cc4cc(C(C)(C)C)c(O)c(C(C)(C)C)c4)c(=O)n3n2)cc1. The highest BCUT2D eigenvalue weighted by Gasteiger charge is 2.26. The molecule has 0 bridgehead atoms. The van der Waals surface area contributed by atoms with Crippen LogP contribution in [0.3, 0.4) is 0 Å². The number of benzene rings is 2. The van der Waals surface area contributed by atoms with E-state index in [0.717, 1.165) is 22.3 Å². The molecule has 2 aromatic heterocycles.